The van der Waals surface area contributed by atoms with Gasteiger partial charge < -0.3 is 5.32 Å². The van der Waals surface area contributed by atoms with Crippen LogP contribution in [0.5, 0.6) is 0 Å². The van der Waals surface area contributed by atoms with Crippen LogP contribution in [0.2, 0.25) is 0 Å². The molecule has 2 rings (SSSR count). The second-order valence-electron chi connectivity index (χ2n) is 6.76. The van der Waals surface area contributed by atoms with Crippen molar-refractivity contribution in [3.63, 3.8) is 0 Å². The number of alkyl halides is 3. The van der Waals surface area contributed by atoms with Gasteiger partial charge in [-0.05, 0) is 48.8 Å². The van der Waals surface area contributed by atoms with Crippen molar-refractivity contribution in [3.05, 3.63) is 35.4 Å². The Morgan fingerprint density at radius 2 is 2.00 bits per heavy atom. The highest BCUT2D eigenvalue weighted by molar-refractivity contribution is 5.27. The highest BCUT2D eigenvalue weighted by Crippen LogP contribution is 2.54. The maximum absolute atomic E-state index is 12.8. The van der Waals surface area contributed by atoms with Crippen LogP contribution in [0.4, 0.5) is 13.2 Å². The number of halogens is 3. The first-order valence-corrected chi connectivity index (χ1v) is 7.63. The van der Waals surface area contributed by atoms with Crippen molar-refractivity contribution in [1.29, 1.82) is 0 Å². The summed E-state index contributed by atoms with van der Waals surface area (Å²) in [5, 5.41) is 3.51. The Labute approximate surface area is 124 Å². The van der Waals surface area contributed by atoms with Crippen LogP contribution in [-0.4, -0.2) is 12.6 Å². The molecule has 0 aromatic heterocycles. The van der Waals surface area contributed by atoms with Gasteiger partial charge >= 0.3 is 6.18 Å². The number of nitrogens with one attached hydrogen (secondary N) is 1. The molecule has 2 unspecified atom stereocenters. The Bertz CT molecular complexity index is 479. The fourth-order valence-corrected chi connectivity index (χ4v) is 3.01. The lowest BCUT2D eigenvalue weighted by molar-refractivity contribution is -0.137. The van der Waals surface area contributed by atoms with E-state index >= 15 is 0 Å². The van der Waals surface area contributed by atoms with Crippen LogP contribution >= 0.6 is 0 Å². The third kappa shape index (κ3) is 4.22. The van der Waals surface area contributed by atoms with E-state index in [-0.39, 0.29) is 6.04 Å². The van der Waals surface area contributed by atoms with Crippen LogP contribution in [0.3, 0.4) is 0 Å². The predicted molar refractivity (Wildman–Crippen MR) is 79.1 cm³/mol. The molecule has 1 aromatic carbocycles. The van der Waals surface area contributed by atoms with E-state index in [9.17, 15) is 13.2 Å². The first kappa shape index (κ1) is 16.3. The van der Waals surface area contributed by atoms with Gasteiger partial charge in [-0.1, -0.05) is 39.0 Å². The Balaban J connectivity index is 2.10. The average molecular weight is 299 g/mol. The Hall–Kier alpha value is -1.03. The SMILES string of the molecule is CCCNC(Cc1cccc(C(F)(F)F)c1)C1CC1(C)C. The van der Waals surface area contributed by atoms with Crippen LogP contribution in [0, 0.1) is 11.3 Å². The zero-order chi connectivity index (χ0) is 15.7. The first-order chi connectivity index (χ1) is 9.74. The van der Waals surface area contributed by atoms with E-state index in [1.807, 2.05) is 0 Å². The topological polar surface area (TPSA) is 12.0 Å². The summed E-state index contributed by atoms with van der Waals surface area (Å²) in [5.41, 5.74) is 0.526. The number of rotatable bonds is 6. The molecule has 2 atom stereocenters. The summed E-state index contributed by atoms with van der Waals surface area (Å²) < 4.78 is 38.4. The molecular weight excluding hydrogens is 275 g/mol. The molecule has 0 amide bonds. The quantitative estimate of drug-likeness (QED) is 0.805. The summed E-state index contributed by atoms with van der Waals surface area (Å²) >= 11 is 0. The molecule has 1 aliphatic carbocycles. The third-order valence-corrected chi connectivity index (χ3v) is 4.44. The maximum atomic E-state index is 12.8. The van der Waals surface area contributed by atoms with Crippen molar-refractivity contribution in [1.82, 2.24) is 5.32 Å². The standard InChI is InChI=1S/C17H24F3N/c1-4-8-21-15(14-11-16(14,2)3)10-12-6-5-7-13(9-12)17(18,19)20/h5-7,9,14-15,21H,4,8,10-11H2,1-3H3. The maximum Gasteiger partial charge on any atom is 0.416 e. The minimum Gasteiger partial charge on any atom is -0.313 e. The third-order valence-electron chi connectivity index (χ3n) is 4.44. The van der Waals surface area contributed by atoms with Crippen LogP contribution < -0.4 is 5.32 Å². The molecule has 1 nitrogen and oxygen atoms in total. The van der Waals surface area contributed by atoms with Gasteiger partial charge in [0.25, 0.3) is 0 Å². The molecule has 4 heteroatoms. The van der Waals surface area contributed by atoms with Gasteiger partial charge in [0.1, 0.15) is 0 Å². The zero-order valence-electron chi connectivity index (χ0n) is 12.9. The second-order valence-corrected chi connectivity index (χ2v) is 6.76. The van der Waals surface area contributed by atoms with E-state index in [0.717, 1.165) is 31.0 Å². The van der Waals surface area contributed by atoms with Crippen LogP contribution in [0.1, 0.15) is 44.7 Å². The summed E-state index contributed by atoms with van der Waals surface area (Å²) in [4.78, 5) is 0. The van der Waals surface area contributed by atoms with Crippen LogP contribution in [0.25, 0.3) is 0 Å². The molecule has 0 spiro atoms. The molecule has 1 aromatic rings. The number of benzene rings is 1. The molecule has 1 N–H and O–H groups in total. The average Bonchev–Trinajstić information content (AvgIpc) is 3.03. The lowest BCUT2D eigenvalue weighted by Gasteiger charge is -2.21. The minimum absolute atomic E-state index is 0.267. The lowest BCUT2D eigenvalue weighted by atomic mass is 9.96. The lowest BCUT2D eigenvalue weighted by Crippen LogP contribution is -2.35. The van der Waals surface area contributed by atoms with Crippen molar-refractivity contribution in [2.24, 2.45) is 11.3 Å². The van der Waals surface area contributed by atoms with E-state index in [4.69, 9.17) is 0 Å². The fourth-order valence-electron chi connectivity index (χ4n) is 3.01. The van der Waals surface area contributed by atoms with Crippen LogP contribution in [0.15, 0.2) is 24.3 Å². The normalized spacial score (nSPS) is 22.1. The van der Waals surface area contributed by atoms with Gasteiger partial charge in [0.2, 0.25) is 0 Å². The highest BCUT2D eigenvalue weighted by atomic mass is 19.4. The largest absolute Gasteiger partial charge is 0.416 e. The van der Waals surface area contributed by atoms with Gasteiger partial charge in [0.05, 0.1) is 5.56 Å². The molecule has 1 saturated carbocycles. The molecule has 0 saturated heterocycles. The molecule has 21 heavy (non-hydrogen) atoms. The monoisotopic (exact) mass is 299 g/mol. The second kappa shape index (κ2) is 5.99. The van der Waals surface area contributed by atoms with E-state index in [0.29, 0.717) is 17.8 Å². The molecule has 0 heterocycles. The van der Waals surface area contributed by atoms with Crippen molar-refractivity contribution in [2.45, 2.75) is 52.3 Å². The van der Waals surface area contributed by atoms with E-state index in [1.165, 1.54) is 12.1 Å². The molecular formula is C17H24F3N. The summed E-state index contributed by atoms with van der Waals surface area (Å²) in [6, 6.07) is 6.00. The molecule has 118 valence electrons. The van der Waals surface area contributed by atoms with Gasteiger partial charge in [-0.15, -0.1) is 0 Å². The van der Waals surface area contributed by atoms with Gasteiger partial charge in [-0.25, -0.2) is 0 Å². The zero-order valence-corrected chi connectivity index (χ0v) is 12.9. The van der Waals surface area contributed by atoms with E-state index in [2.05, 4.69) is 26.1 Å². The molecule has 0 bridgehead atoms. The van der Waals surface area contributed by atoms with Gasteiger partial charge in [0.15, 0.2) is 0 Å². The van der Waals surface area contributed by atoms with Crippen molar-refractivity contribution >= 4 is 0 Å². The number of hydrogen-bond donors (Lipinski definition) is 1. The predicted octanol–water partition coefficient (Wildman–Crippen LogP) is 4.66. The fraction of sp³-hybridized carbons (Fsp3) is 0.647. The molecule has 0 aliphatic heterocycles. The summed E-state index contributed by atoms with van der Waals surface area (Å²) in [6.07, 6.45) is -1.42. The Kier molecular flexibility index (Phi) is 4.66. The van der Waals surface area contributed by atoms with Gasteiger partial charge in [-0.2, -0.15) is 13.2 Å². The highest BCUT2D eigenvalue weighted by Gasteiger charge is 2.49. The molecule has 0 radical (unpaired) electrons. The van der Waals surface area contributed by atoms with Crippen molar-refractivity contribution in [2.75, 3.05) is 6.54 Å². The van der Waals surface area contributed by atoms with Crippen LogP contribution in [-0.2, 0) is 12.6 Å². The van der Waals surface area contributed by atoms with E-state index < -0.39 is 11.7 Å². The van der Waals surface area contributed by atoms with Crippen molar-refractivity contribution < 1.29 is 13.2 Å². The summed E-state index contributed by atoms with van der Waals surface area (Å²) in [6.45, 7) is 7.47. The van der Waals surface area contributed by atoms with Crippen molar-refractivity contribution in [3.8, 4) is 0 Å². The molecule has 1 aliphatic rings. The number of hydrogen-bond acceptors (Lipinski definition) is 1. The summed E-state index contributed by atoms with van der Waals surface area (Å²) in [5.74, 6) is 0.554. The molecule has 1 fully saturated rings. The van der Waals surface area contributed by atoms with E-state index in [1.54, 1.807) is 6.07 Å². The Morgan fingerprint density at radius 3 is 2.52 bits per heavy atom. The minimum atomic E-state index is -4.26. The van der Waals surface area contributed by atoms with Gasteiger partial charge in [-0.3, -0.25) is 0 Å². The summed E-state index contributed by atoms with van der Waals surface area (Å²) in [7, 11) is 0. The Morgan fingerprint density at radius 1 is 1.33 bits per heavy atom. The van der Waals surface area contributed by atoms with Gasteiger partial charge in [0, 0.05) is 6.04 Å². The first-order valence-electron chi connectivity index (χ1n) is 7.63. The smallest absolute Gasteiger partial charge is 0.313 e.